The Balaban J connectivity index is 1.42. The van der Waals surface area contributed by atoms with E-state index in [4.69, 9.17) is 10.7 Å². The number of hydrogen-bond donors (Lipinski definition) is 1. The molecule has 2 aromatic heterocycles. The summed E-state index contributed by atoms with van der Waals surface area (Å²) in [5.74, 6) is 0.305. The highest BCUT2D eigenvalue weighted by Crippen LogP contribution is 2.54. The maximum absolute atomic E-state index is 12.6. The van der Waals surface area contributed by atoms with Crippen LogP contribution < -0.4 is 5.73 Å². The van der Waals surface area contributed by atoms with Gasteiger partial charge in [0.2, 0.25) is 0 Å². The minimum Gasteiger partial charge on any atom is -0.329 e. The maximum atomic E-state index is 12.6. The van der Waals surface area contributed by atoms with E-state index >= 15 is 0 Å². The second kappa shape index (κ2) is 7.90. The van der Waals surface area contributed by atoms with Crippen molar-refractivity contribution in [3.05, 3.63) is 77.2 Å². The molecule has 0 bridgehead atoms. The molecule has 2 N–H and O–H groups in total. The lowest BCUT2D eigenvalue weighted by Crippen LogP contribution is -2.12. The van der Waals surface area contributed by atoms with Gasteiger partial charge in [0.05, 0.1) is 11.0 Å². The van der Waals surface area contributed by atoms with Crippen LogP contribution in [0.2, 0.25) is 0 Å². The highest BCUT2D eigenvalue weighted by Gasteiger charge is 2.42. The normalized spacial score (nSPS) is 18.6. The second-order valence-corrected chi connectivity index (χ2v) is 7.81. The summed E-state index contributed by atoms with van der Waals surface area (Å²) in [5, 5.41) is 3.34. The number of alkyl halides is 3. The van der Waals surface area contributed by atoms with Gasteiger partial charge in [-0.15, -0.1) is 0 Å². The number of imidazole rings is 1. The van der Waals surface area contributed by atoms with Gasteiger partial charge in [-0.05, 0) is 41.7 Å². The molecule has 0 amide bonds. The van der Waals surface area contributed by atoms with Gasteiger partial charge in [-0.25, -0.2) is 4.98 Å². The number of benzene rings is 2. The summed E-state index contributed by atoms with van der Waals surface area (Å²) in [6, 6.07) is 16.1. The van der Waals surface area contributed by atoms with Crippen molar-refractivity contribution in [2.24, 2.45) is 5.73 Å². The predicted molar refractivity (Wildman–Crippen MR) is 114 cm³/mol. The van der Waals surface area contributed by atoms with Crippen molar-refractivity contribution >= 4 is 23.2 Å². The van der Waals surface area contributed by atoms with Crippen molar-refractivity contribution in [2.45, 2.75) is 31.0 Å². The number of aromatic nitrogens is 4. The minimum atomic E-state index is -4.66. The molecular weight excluding hydrogens is 419 g/mol. The molecule has 1 fully saturated rings. The second-order valence-electron chi connectivity index (χ2n) is 7.81. The molecule has 9 heteroatoms. The fraction of sp³-hybridized carbons (Fsp3) is 0.261. The summed E-state index contributed by atoms with van der Waals surface area (Å²) in [4.78, 5) is 8.24. The van der Waals surface area contributed by atoms with E-state index in [2.05, 4.69) is 31.4 Å². The van der Waals surface area contributed by atoms with Crippen molar-refractivity contribution in [1.29, 1.82) is 0 Å². The Morgan fingerprint density at radius 3 is 2.59 bits per heavy atom. The van der Waals surface area contributed by atoms with Crippen molar-refractivity contribution in [3.63, 3.8) is 0 Å². The molecule has 164 valence electrons. The van der Waals surface area contributed by atoms with Gasteiger partial charge in [0, 0.05) is 19.0 Å². The lowest BCUT2D eigenvalue weighted by molar-refractivity contribution is -0.159. The zero-order valence-corrected chi connectivity index (χ0v) is 17.0. The number of nitrogens with two attached hydrogens (primary N) is 1. The van der Waals surface area contributed by atoms with Gasteiger partial charge in [0.1, 0.15) is 5.82 Å². The van der Waals surface area contributed by atoms with Crippen molar-refractivity contribution in [3.8, 4) is 0 Å². The molecule has 5 rings (SSSR count). The Morgan fingerprint density at radius 2 is 1.88 bits per heavy atom. The molecule has 1 aliphatic carbocycles. The van der Waals surface area contributed by atoms with Crippen molar-refractivity contribution in [2.75, 3.05) is 6.54 Å². The maximum Gasteiger partial charge on any atom is 0.471 e. The summed E-state index contributed by atoms with van der Waals surface area (Å²) in [5.41, 5.74) is 9.75. The fourth-order valence-corrected chi connectivity index (χ4v) is 4.05. The van der Waals surface area contributed by atoms with Gasteiger partial charge in [-0.2, -0.15) is 18.2 Å². The van der Waals surface area contributed by atoms with E-state index in [1.807, 2.05) is 36.4 Å². The number of nitrogens with zero attached hydrogens (tertiary/aromatic N) is 4. The molecule has 0 spiro atoms. The molecule has 0 saturated heterocycles. The van der Waals surface area contributed by atoms with E-state index in [1.54, 1.807) is 6.08 Å². The van der Waals surface area contributed by atoms with Gasteiger partial charge in [0.25, 0.3) is 0 Å². The summed E-state index contributed by atoms with van der Waals surface area (Å²) < 4.78 is 44.2. The smallest absolute Gasteiger partial charge is 0.329 e. The van der Waals surface area contributed by atoms with Crippen LogP contribution in [0.3, 0.4) is 0 Å². The number of fused-ring (bicyclic) bond motifs is 1. The average Bonchev–Trinajstić information content (AvgIpc) is 3.27. The number of rotatable bonds is 6. The third kappa shape index (κ3) is 3.91. The molecule has 1 saturated carbocycles. The monoisotopic (exact) mass is 439 g/mol. The van der Waals surface area contributed by atoms with Crippen LogP contribution >= 0.6 is 0 Å². The van der Waals surface area contributed by atoms with Gasteiger partial charge in [0.15, 0.2) is 5.82 Å². The van der Waals surface area contributed by atoms with Gasteiger partial charge >= 0.3 is 12.1 Å². The molecular formula is C23H20F3N5O. The Morgan fingerprint density at radius 1 is 1.06 bits per heavy atom. The molecule has 6 nitrogen and oxygen atoms in total. The highest BCUT2D eigenvalue weighted by atomic mass is 19.4. The largest absolute Gasteiger partial charge is 0.471 e. The third-order valence-electron chi connectivity index (χ3n) is 5.61. The van der Waals surface area contributed by atoms with E-state index in [-0.39, 0.29) is 5.82 Å². The van der Waals surface area contributed by atoms with Crippen LogP contribution in [0.4, 0.5) is 13.2 Å². The summed E-state index contributed by atoms with van der Waals surface area (Å²) in [7, 11) is 0. The molecule has 0 radical (unpaired) electrons. The van der Waals surface area contributed by atoms with Crippen LogP contribution in [0, 0.1) is 0 Å². The Hall–Kier alpha value is -3.46. The first-order valence-corrected chi connectivity index (χ1v) is 10.3. The first-order valence-electron chi connectivity index (χ1n) is 10.3. The van der Waals surface area contributed by atoms with E-state index in [0.29, 0.717) is 24.9 Å². The number of halogens is 3. The topological polar surface area (TPSA) is 82.8 Å². The zero-order chi connectivity index (χ0) is 22.3. The summed E-state index contributed by atoms with van der Waals surface area (Å²) >= 11 is 0. The lowest BCUT2D eigenvalue weighted by atomic mass is 10.1. The molecule has 2 aromatic carbocycles. The van der Waals surface area contributed by atoms with Crippen LogP contribution in [0.5, 0.6) is 0 Å². The molecule has 2 atom stereocenters. The first-order chi connectivity index (χ1) is 15.4. The molecule has 4 aromatic rings. The Bertz CT molecular complexity index is 1280. The molecule has 0 unspecified atom stereocenters. The van der Waals surface area contributed by atoms with E-state index < -0.39 is 12.1 Å². The zero-order valence-electron chi connectivity index (χ0n) is 17.0. The van der Waals surface area contributed by atoms with Gasteiger partial charge in [-0.3, -0.25) is 0 Å². The third-order valence-corrected chi connectivity index (χ3v) is 5.61. The van der Waals surface area contributed by atoms with Gasteiger partial charge in [-0.1, -0.05) is 47.6 Å². The molecule has 0 aliphatic heterocycles. The van der Waals surface area contributed by atoms with Gasteiger partial charge < -0.3 is 14.8 Å². The predicted octanol–water partition coefficient (Wildman–Crippen LogP) is 4.84. The Labute approximate surface area is 181 Å². The first kappa shape index (κ1) is 20.4. The van der Waals surface area contributed by atoms with Crippen LogP contribution in [0.15, 0.2) is 53.1 Å². The van der Waals surface area contributed by atoms with E-state index in [1.165, 1.54) is 11.6 Å². The van der Waals surface area contributed by atoms with Crippen molar-refractivity contribution < 1.29 is 17.7 Å². The molecule has 32 heavy (non-hydrogen) atoms. The standard InChI is InChI=1S/C23H20F3N5O/c24-23(25,26)22-29-20(30-32-22)9-7-14-6-8-19-18(12-14)28-21(31(19)11-10-27)17-13-16(17)15-4-2-1-3-5-15/h1-9,12,16-17H,10-11,13,27H2/b9-7+/t16-,17+/m1/s1. The molecule has 2 heterocycles. The Kier molecular flexibility index (Phi) is 5.05. The lowest BCUT2D eigenvalue weighted by Gasteiger charge is -2.07. The quantitative estimate of drug-likeness (QED) is 0.465. The number of hydrogen-bond acceptors (Lipinski definition) is 5. The minimum absolute atomic E-state index is 0.143. The van der Waals surface area contributed by atoms with Crippen LogP contribution in [-0.2, 0) is 12.7 Å². The summed E-state index contributed by atoms with van der Waals surface area (Å²) in [6.07, 6.45) is -0.603. The van der Waals surface area contributed by atoms with E-state index in [9.17, 15) is 13.2 Å². The van der Waals surface area contributed by atoms with Crippen LogP contribution in [-0.4, -0.2) is 26.2 Å². The molecule has 1 aliphatic rings. The van der Waals surface area contributed by atoms with Crippen LogP contribution in [0.25, 0.3) is 23.2 Å². The van der Waals surface area contributed by atoms with E-state index in [0.717, 1.165) is 28.8 Å². The SMILES string of the molecule is NCCn1c([C@H]2C[C@@H]2c2ccccc2)nc2cc(/C=C/c3noc(C(F)(F)F)n3)ccc21. The fourth-order valence-electron chi connectivity index (χ4n) is 4.05. The van der Waals surface area contributed by atoms with Crippen molar-refractivity contribution in [1.82, 2.24) is 19.7 Å². The van der Waals surface area contributed by atoms with Crippen LogP contribution in [0.1, 0.15) is 46.9 Å². The average molecular weight is 439 g/mol. The highest BCUT2D eigenvalue weighted by molar-refractivity contribution is 5.81. The summed E-state index contributed by atoms with van der Waals surface area (Å²) in [6.45, 7) is 1.17.